The lowest BCUT2D eigenvalue weighted by atomic mass is 9.97. The molecule has 0 spiro atoms. The number of carbonyl (C=O) groups is 2. The van der Waals surface area contributed by atoms with E-state index in [2.05, 4.69) is 11.4 Å². The van der Waals surface area contributed by atoms with Crippen molar-refractivity contribution in [2.45, 2.75) is 45.1 Å². The van der Waals surface area contributed by atoms with Gasteiger partial charge in [0, 0.05) is 6.54 Å². The van der Waals surface area contributed by atoms with Gasteiger partial charge in [0.2, 0.25) is 0 Å². The summed E-state index contributed by atoms with van der Waals surface area (Å²) in [5, 5.41) is 11.6. The van der Waals surface area contributed by atoms with E-state index in [0.29, 0.717) is 12.1 Å². The Morgan fingerprint density at radius 3 is 2.92 bits per heavy atom. The summed E-state index contributed by atoms with van der Waals surface area (Å²) in [4.78, 5) is 24.0. The van der Waals surface area contributed by atoms with Gasteiger partial charge in [-0.2, -0.15) is 5.26 Å². The van der Waals surface area contributed by atoms with Gasteiger partial charge < -0.3 is 10.1 Å². The van der Waals surface area contributed by atoms with Gasteiger partial charge in [-0.25, -0.2) is 4.79 Å². The van der Waals surface area contributed by atoms with E-state index < -0.39 is 12.1 Å². The zero-order chi connectivity index (χ0) is 17.4. The maximum Gasteiger partial charge on any atom is 0.338 e. The lowest BCUT2D eigenvalue weighted by Crippen LogP contribution is -2.36. The lowest BCUT2D eigenvalue weighted by Gasteiger charge is -2.15. The van der Waals surface area contributed by atoms with Crippen LogP contribution < -0.4 is 5.32 Å². The molecule has 0 heterocycles. The van der Waals surface area contributed by atoms with Crippen LogP contribution in [-0.4, -0.2) is 24.5 Å². The van der Waals surface area contributed by atoms with Crippen LogP contribution in [0.15, 0.2) is 35.9 Å². The van der Waals surface area contributed by atoms with Gasteiger partial charge in [0.05, 0.1) is 17.2 Å². The summed E-state index contributed by atoms with van der Waals surface area (Å²) in [7, 11) is 0. The molecule has 0 saturated carbocycles. The molecule has 0 aliphatic heterocycles. The number of benzene rings is 1. The number of esters is 1. The van der Waals surface area contributed by atoms with Crippen LogP contribution in [0.5, 0.6) is 0 Å². The molecule has 1 atom stereocenters. The van der Waals surface area contributed by atoms with Crippen LogP contribution in [0.4, 0.5) is 0 Å². The van der Waals surface area contributed by atoms with E-state index >= 15 is 0 Å². The molecule has 24 heavy (non-hydrogen) atoms. The molecule has 2 rings (SSSR count). The summed E-state index contributed by atoms with van der Waals surface area (Å²) in [5.74, 6) is -0.916. The Morgan fingerprint density at radius 1 is 1.38 bits per heavy atom. The number of ether oxygens (including phenoxy) is 1. The van der Waals surface area contributed by atoms with Gasteiger partial charge in [-0.1, -0.05) is 17.7 Å². The number of nitriles is 1. The van der Waals surface area contributed by atoms with Gasteiger partial charge in [0.1, 0.15) is 0 Å². The van der Waals surface area contributed by atoms with Gasteiger partial charge in [-0.3, -0.25) is 4.79 Å². The van der Waals surface area contributed by atoms with Crippen LogP contribution in [0.2, 0.25) is 0 Å². The highest BCUT2D eigenvalue weighted by Crippen LogP contribution is 2.19. The van der Waals surface area contributed by atoms with Crippen LogP contribution in [0, 0.1) is 11.3 Å². The Balaban J connectivity index is 1.79. The number of nitrogens with one attached hydrogen (secondary N) is 1. The molecule has 0 saturated heterocycles. The first-order valence-corrected chi connectivity index (χ1v) is 8.27. The second-order valence-corrected chi connectivity index (χ2v) is 5.89. The van der Waals surface area contributed by atoms with Crippen molar-refractivity contribution in [3.8, 4) is 6.07 Å². The van der Waals surface area contributed by atoms with Crippen molar-refractivity contribution in [2.75, 3.05) is 6.54 Å². The number of carbonyl (C=O) groups excluding carboxylic acids is 2. The summed E-state index contributed by atoms with van der Waals surface area (Å²) in [6, 6.07) is 8.18. The molecular formula is C19H22N2O3. The van der Waals surface area contributed by atoms with Gasteiger partial charge >= 0.3 is 5.97 Å². The number of rotatable bonds is 6. The Kier molecular flexibility index (Phi) is 6.56. The molecule has 0 radical (unpaired) electrons. The molecule has 0 unspecified atom stereocenters. The summed E-state index contributed by atoms with van der Waals surface area (Å²) < 4.78 is 5.17. The molecule has 0 fully saturated rings. The highest BCUT2D eigenvalue weighted by molar-refractivity contribution is 5.92. The zero-order valence-electron chi connectivity index (χ0n) is 13.9. The van der Waals surface area contributed by atoms with E-state index in [1.807, 2.05) is 6.07 Å². The molecule has 1 aliphatic carbocycles. The van der Waals surface area contributed by atoms with E-state index in [1.54, 1.807) is 25.1 Å². The standard InChI is InChI=1S/C19H22N2O3/c1-14(18(22)21-11-10-15-6-3-2-4-7-15)24-19(23)17-9-5-8-16(12-17)13-20/h5-6,8-9,12,14H,2-4,7,10-11H2,1H3,(H,21,22)/t14-/m0/s1. The Hall–Kier alpha value is -2.61. The first kappa shape index (κ1) is 17.7. The molecular weight excluding hydrogens is 304 g/mol. The van der Waals surface area contributed by atoms with E-state index in [1.165, 1.54) is 24.5 Å². The number of nitrogens with zero attached hydrogens (tertiary/aromatic N) is 1. The second-order valence-electron chi connectivity index (χ2n) is 5.89. The first-order chi connectivity index (χ1) is 11.6. The van der Waals surface area contributed by atoms with Crippen molar-refractivity contribution in [1.82, 2.24) is 5.32 Å². The van der Waals surface area contributed by atoms with Gasteiger partial charge in [-0.15, -0.1) is 0 Å². The lowest BCUT2D eigenvalue weighted by molar-refractivity contribution is -0.129. The third-order valence-electron chi connectivity index (χ3n) is 4.01. The summed E-state index contributed by atoms with van der Waals surface area (Å²) >= 11 is 0. The molecule has 5 heteroatoms. The molecule has 5 nitrogen and oxygen atoms in total. The smallest absolute Gasteiger partial charge is 0.338 e. The van der Waals surface area contributed by atoms with Crippen molar-refractivity contribution in [3.63, 3.8) is 0 Å². The Labute approximate surface area is 142 Å². The van der Waals surface area contributed by atoms with Crippen LogP contribution in [0.3, 0.4) is 0 Å². The van der Waals surface area contributed by atoms with Crippen molar-refractivity contribution in [1.29, 1.82) is 5.26 Å². The predicted octanol–water partition coefficient (Wildman–Crippen LogP) is 3.11. The van der Waals surface area contributed by atoms with Crippen molar-refractivity contribution >= 4 is 11.9 Å². The van der Waals surface area contributed by atoms with Crippen molar-refractivity contribution in [3.05, 3.63) is 47.0 Å². The van der Waals surface area contributed by atoms with E-state index in [0.717, 1.165) is 19.3 Å². The second kappa shape index (κ2) is 8.88. The highest BCUT2D eigenvalue weighted by Gasteiger charge is 2.19. The minimum absolute atomic E-state index is 0.265. The normalized spacial score (nSPS) is 14.9. The summed E-state index contributed by atoms with van der Waals surface area (Å²) in [6.07, 6.45) is 6.92. The van der Waals surface area contributed by atoms with Crippen LogP contribution in [0.25, 0.3) is 0 Å². The van der Waals surface area contributed by atoms with Gasteiger partial charge in [-0.05, 0) is 57.2 Å². The average Bonchev–Trinajstić information content (AvgIpc) is 2.62. The summed E-state index contributed by atoms with van der Waals surface area (Å²) in [5.41, 5.74) is 2.03. The predicted molar refractivity (Wildman–Crippen MR) is 90.2 cm³/mol. The maximum atomic E-state index is 12.0. The van der Waals surface area contributed by atoms with E-state index in [4.69, 9.17) is 10.00 Å². The fourth-order valence-corrected chi connectivity index (χ4v) is 2.62. The molecule has 1 amide bonds. The van der Waals surface area contributed by atoms with Crippen LogP contribution in [-0.2, 0) is 9.53 Å². The zero-order valence-corrected chi connectivity index (χ0v) is 13.9. The van der Waals surface area contributed by atoms with Crippen molar-refractivity contribution in [2.24, 2.45) is 0 Å². The third-order valence-corrected chi connectivity index (χ3v) is 4.01. The fourth-order valence-electron chi connectivity index (χ4n) is 2.62. The van der Waals surface area contributed by atoms with Crippen molar-refractivity contribution < 1.29 is 14.3 Å². The van der Waals surface area contributed by atoms with E-state index in [9.17, 15) is 9.59 Å². The highest BCUT2D eigenvalue weighted by atomic mass is 16.5. The molecule has 126 valence electrons. The van der Waals surface area contributed by atoms with Crippen LogP contribution >= 0.6 is 0 Å². The Morgan fingerprint density at radius 2 is 2.21 bits per heavy atom. The fraction of sp³-hybridized carbons (Fsp3) is 0.421. The topological polar surface area (TPSA) is 79.2 Å². The Bertz CT molecular complexity index is 673. The molecule has 1 N–H and O–H groups in total. The van der Waals surface area contributed by atoms with Crippen LogP contribution in [0.1, 0.15) is 54.9 Å². The molecule has 0 bridgehead atoms. The third kappa shape index (κ3) is 5.24. The quantitative estimate of drug-likeness (QED) is 0.643. The number of allylic oxidation sites excluding steroid dienone is 1. The number of hydrogen-bond donors (Lipinski definition) is 1. The molecule has 1 aromatic carbocycles. The largest absolute Gasteiger partial charge is 0.449 e. The van der Waals surface area contributed by atoms with Gasteiger partial charge in [0.15, 0.2) is 6.10 Å². The SMILES string of the molecule is C[C@H](OC(=O)c1cccc(C#N)c1)C(=O)NCCC1=CCCCC1. The monoisotopic (exact) mass is 326 g/mol. The average molecular weight is 326 g/mol. The number of amides is 1. The van der Waals surface area contributed by atoms with Gasteiger partial charge in [0.25, 0.3) is 5.91 Å². The minimum Gasteiger partial charge on any atom is -0.449 e. The number of hydrogen-bond acceptors (Lipinski definition) is 4. The molecule has 1 aromatic rings. The summed E-state index contributed by atoms with van der Waals surface area (Å²) in [6.45, 7) is 2.09. The first-order valence-electron chi connectivity index (χ1n) is 8.27. The van der Waals surface area contributed by atoms with E-state index in [-0.39, 0.29) is 11.5 Å². The minimum atomic E-state index is -0.872. The molecule has 0 aromatic heterocycles. The molecule has 1 aliphatic rings. The maximum absolute atomic E-state index is 12.0.